The predicted octanol–water partition coefficient (Wildman–Crippen LogP) is 7.14. The van der Waals surface area contributed by atoms with Crippen LogP contribution in [0.5, 0.6) is 0 Å². The molecular formula is C26H32ClN3O2S. The zero-order chi connectivity index (χ0) is 24.3. The molecule has 0 radical (unpaired) electrons. The first kappa shape index (κ1) is 25.2. The van der Waals surface area contributed by atoms with E-state index in [9.17, 15) is 10.0 Å². The van der Waals surface area contributed by atoms with Crippen molar-refractivity contribution in [1.82, 2.24) is 9.63 Å². The number of aromatic nitrogens is 1. The fraction of sp³-hybridized carbons (Fsp3) is 0.346. The first-order chi connectivity index (χ1) is 15.5. The van der Waals surface area contributed by atoms with Crippen LogP contribution in [0, 0.1) is 0 Å². The molecular weight excluding hydrogens is 454 g/mol. The van der Waals surface area contributed by atoms with E-state index in [0.29, 0.717) is 22.5 Å². The maximum absolute atomic E-state index is 11.2. The third-order valence-electron chi connectivity index (χ3n) is 5.22. The number of halogens is 1. The van der Waals surface area contributed by atoms with Gasteiger partial charge in [-0.05, 0) is 47.4 Å². The molecule has 33 heavy (non-hydrogen) atoms. The first-order valence-corrected chi connectivity index (χ1v) is 12.2. The molecule has 0 fully saturated rings. The Hall–Kier alpha value is -2.41. The van der Waals surface area contributed by atoms with Crippen molar-refractivity contribution in [3.8, 4) is 0 Å². The highest BCUT2D eigenvalue weighted by atomic mass is 35.5. The fourth-order valence-electron chi connectivity index (χ4n) is 3.60. The van der Waals surface area contributed by atoms with Gasteiger partial charge >= 0.3 is 6.03 Å². The van der Waals surface area contributed by atoms with E-state index in [1.54, 1.807) is 6.08 Å². The maximum Gasteiger partial charge on any atom is 0.338 e. The Morgan fingerprint density at radius 3 is 2.45 bits per heavy atom. The largest absolute Gasteiger partial charge is 0.350 e. The quantitative estimate of drug-likeness (QED) is 0.212. The van der Waals surface area contributed by atoms with Gasteiger partial charge in [-0.1, -0.05) is 70.5 Å². The molecule has 0 atom stereocenters. The molecule has 1 aromatic heterocycles. The Labute approximate surface area is 205 Å². The summed E-state index contributed by atoms with van der Waals surface area (Å²) in [7, 11) is 0. The summed E-state index contributed by atoms with van der Waals surface area (Å²) in [6, 6.07) is 13.6. The van der Waals surface area contributed by atoms with Crippen molar-refractivity contribution in [3.05, 3.63) is 70.4 Å². The monoisotopic (exact) mass is 485 g/mol. The van der Waals surface area contributed by atoms with Crippen LogP contribution in [-0.4, -0.2) is 32.2 Å². The number of carbonyl (C=O) groups excluding carboxylic acids is 1. The molecule has 2 aromatic carbocycles. The van der Waals surface area contributed by atoms with E-state index >= 15 is 0 Å². The van der Waals surface area contributed by atoms with Crippen LogP contribution in [0.4, 0.5) is 4.79 Å². The lowest BCUT2D eigenvalue weighted by molar-refractivity contribution is -0.0286. The summed E-state index contributed by atoms with van der Waals surface area (Å²) < 4.78 is 2.27. The van der Waals surface area contributed by atoms with Crippen molar-refractivity contribution < 1.29 is 10.0 Å². The van der Waals surface area contributed by atoms with Crippen molar-refractivity contribution in [2.75, 3.05) is 6.54 Å². The second-order valence-corrected chi connectivity index (χ2v) is 11.7. The standard InChI is InChI=1S/C26H32ClN3O2S/c1-17(2)19-10-13-22-21(15-19)24(33-26(3,4)5)23(7-6-14-30(32)25(28)31)29(22)16-18-8-11-20(27)12-9-18/h6-13,15,17,32H,14,16H2,1-5H3,(H2,28,31). The third-order valence-corrected chi connectivity index (χ3v) is 6.71. The van der Waals surface area contributed by atoms with Crippen LogP contribution < -0.4 is 5.73 Å². The molecule has 1 heterocycles. The molecule has 5 nitrogen and oxygen atoms in total. The number of benzene rings is 2. The predicted molar refractivity (Wildman–Crippen MR) is 139 cm³/mol. The summed E-state index contributed by atoms with van der Waals surface area (Å²) in [5.74, 6) is 0.416. The van der Waals surface area contributed by atoms with E-state index in [1.165, 1.54) is 15.8 Å². The average molecular weight is 486 g/mol. The van der Waals surface area contributed by atoms with Crippen LogP contribution in [0.15, 0.2) is 53.4 Å². The van der Waals surface area contributed by atoms with Crippen LogP contribution in [0.3, 0.4) is 0 Å². The molecule has 0 bridgehead atoms. The molecule has 3 N–H and O–H groups in total. The van der Waals surface area contributed by atoms with E-state index in [0.717, 1.165) is 16.8 Å². The topological polar surface area (TPSA) is 71.5 Å². The lowest BCUT2D eigenvalue weighted by Crippen LogP contribution is -2.32. The second-order valence-electron chi connectivity index (χ2n) is 9.40. The number of hydroxylamine groups is 2. The van der Waals surface area contributed by atoms with Gasteiger partial charge in [-0.15, -0.1) is 11.8 Å². The lowest BCUT2D eigenvalue weighted by atomic mass is 10.0. The van der Waals surface area contributed by atoms with Gasteiger partial charge in [0.25, 0.3) is 0 Å². The van der Waals surface area contributed by atoms with E-state index in [-0.39, 0.29) is 11.3 Å². The Bertz CT molecular complexity index is 1160. The number of rotatable bonds is 7. The minimum Gasteiger partial charge on any atom is -0.350 e. The molecule has 3 aromatic rings. The Kier molecular flexibility index (Phi) is 7.83. The zero-order valence-corrected chi connectivity index (χ0v) is 21.4. The van der Waals surface area contributed by atoms with E-state index in [1.807, 2.05) is 42.1 Å². The Morgan fingerprint density at radius 2 is 1.88 bits per heavy atom. The summed E-state index contributed by atoms with van der Waals surface area (Å²) in [6.45, 7) is 11.7. The highest BCUT2D eigenvalue weighted by molar-refractivity contribution is 8.00. The van der Waals surface area contributed by atoms with Crippen molar-refractivity contribution in [2.24, 2.45) is 5.73 Å². The van der Waals surface area contributed by atoms with Gasteiger partial charge in [0.05, 0.1) is 12.2 Å². The van der Waals surface area contributed by atoms with Crippen molar-refractivity contribution in [2.45, 2.75) is 56.7 Å². The van der Waals surface area contributed by atoms with Crippen molar-refractivity contribution >= 4 is 46.4 Å². The number of hydrogen-bond donors (Lipinski definition) is 2. The third kappa shape index (κ3) is 6.34. The molecule has 0 saturated carbocycles. The highest BCUT2D eigenvalue weighted by Gasteiger charge is 2.22. The van der Waals surface area contributed by atoms with Crippen LogP contribution >= 0.6 is 23.4 Å². The fourth-order valence-corrected chi connectivity index (χ4v) is 4.89. The average Bonchev–Trinajstić information content (AvgIpc) is 3.00. The van der Waals surface area contributed by atoms with Gasteiger partial charge in [0, 0.05) is 32.1 Å². The number of hydrogen-bond acceptors (Lipinski definition) is 3. The Balaban J connectivity index is 2.21. The maximum atomic E-state index is 11.2. The summed E-state index contributed by atoms with van der Waals surface area (Å²) in [4.78, 5) is 12.4. The van der Waals surface area contributed by atoms with Crippen LogP contribution in [-0.2, 0) is 6.54 Å². The Morgan fingerprint density at radius 1 is 1.21 bits per heavy atom. The van der Waals surface area contributed by atoms with Crippen LogP contribution in [0.25, 0.3) is 17.0 Å². The molecule has 176 valence electrons. The van der Waals surface area contributed by atoms with E-state index in [2.05, 4.69) is 57.4 Å². The summed E-state index contributed by atoms with van der Waals surface area (Å²) in [5, 5.41) is 12.1. The van der Waals surface area contributed by atoms with Gasteiger partial charge in [-0.3, -0.25) is 5.21 Å². The number of fused-ring (bicyclic) bond motifs is 1. The van der Waals surface area contributed by atoms with Crippen LogP contribution in [0.2, 0.25) is 5.02 Å². The van der Waals surface area contributed by atoms with Crippen molar-refractivity contribution in [1.29, 1.82) is 0 Å². The van der Waals surface area contributed by atoms with E-state index in [4.69, 9.17) is 17.3 Å². The molecule has 0 unspecified atom stereocenters. The normalized spacial score (nSPS) is 12.2. The molecule has 0 saturated heterocycles. The minimum atomic E-state index is -0.882. The number of urea groups is 1. The number of thioether (sulfide) groups is 1. The number of amides is 2. The number of primary amides is 1. The van der Waals surface area contributed by atoms with Gasteiger partial charge in [0.1, 0.15) is 0 Å². The van der Waals surface area contributed by atoms with Gasteiger partial charge in [0.2, 0.25) is 0 Å². The molecule has 7 heteroatoms. The van der Waals surface area contributed by atoms with Gasteiger partial charge in [-0.2, -0.15) is 0 Å². The summed E-state index contributed by atoms with van der Waals surface area (Å²) in [6.07, 6.45) is 3.72. The highest BCUT2D eigenvalue weighted by Crippen LogP contribution is 2.42. The SMILES string of the molecule is CC(C)c1ccc2c(c1)c(SC(C)(C)C)c(C=CCN(O)C(N)=O)n2Cc1ccc(Cl)cc1. The summed E-state index contributed by atoms with van der Waals surface area (Å²) >= 11 is 7.92. The molecule has 0 aliphatic carbocycles. The van der Waals surface area contributed by atoms with Crippen molar-refractivity contribution in [3.63, 3.8) is 0 Å². The zero-order valence-electron chi connectivity index (χ0n) is 19.8. The smallest absolute Gasteiger partial charge is 0.338 e. The number of nitrogens with zero attached hydrogens (tertiary/aromatic N) is 2. The molecule has 3 rings (SSSR count). The van der Waals surface area contributed by atoms with Gasteiger partial charge in [0.15, 0.2) is 0 Å². The van der Waals surface area contributed by atoms with Gasteiger partial charge < -0.3 is 10.3 Å². The second kappa shape index (κ2) is 10.2. The summed E-state index contributed by atoms with van der Waals surface area (Å²) in [5.41, 5.74) is 9.74. The van der Waals surface area contributed by atoms with Crippen LogP contribution in [0.1, 0.15) is 57.4 Å². The number of carbonyl (C=O) groups is 1. The molecule has 2 amide bonds. The number of nitrogens with two attached hydrogens (primary N) is 1. The minimum absolute atomic E-state index is 0.00789. The molecule has 0 aliphatic heterocycles. The first-order valence-electron chi connectivity index (χ1n) is 11.0. The van der Waals surface area contributed by atoms with E-state index < -0.39 is 6.03 Å². The molecule has 0 aliphatic rings. The molecule has 0 spiro atoms. The van der Waals surface area contributed by atoms with Gasteiger partial charge in [-0.25, -0.2) is 9.86 Å². The lowest BCUT2D eigenvalue weighted by Gasteiger charge is -2.18.